The van der Waals surface area contributed by atoms with Crippen LogP contribution in [-0.2, 0) is 6.42 Å². The van der Waals surface area contributed by atoms with Crippen LogP contribution in [0.4, 0.5) is 0 Å². The molecule has 1 aliphatic rings. The molecule has 23 heavy (non-hydrogen) atoms. The molecule has 1 saturated heterocycles. The lowest BCUT2D eigenvalue weighted by Gasteiger charge is -2.23. The molecule has 1 N–H and O–H groups in total. The number of halogens is 2. The molecule has 1 heterocycles. The van der Waals surface area contributed by atoms with Crippen molar-refractivity contribution in [3.05, 3.63) is 64.7 Å². The summed E-state index contributed by atoms with van der Waals surface area (Å²) in [6, 6.07) is 16.4. The van der Waals surface area contributed by atoms with Crippen LogP contribution in [0, 0.1) is 5.92 Å². The highest BCUT2D eigenvalue weighted by atomic mass is 35.5. The Morgan fingerprint density at radius 1 is 1.13 bits per heavy atom. The van der Waals surface area contributed by atoms with Crippen molar-refractivity contribution in [1.29, 1.82) is 0 Å². The van der Waals surface area contributed by atoms with Crippen LogP contribution in [0.1, 0.15) is 24.0 Å². The van der Waals surface area contributed by atoms with Crippen LogP contribution in [0.25, 0.3) is 0 Å². The Morgan fingerprint density at radius 2 is 1.96 bits per heavy atom. The Kier molecular flexibility index (Phi) is 7.22. The van der Waals surface area contributed by atoms with Gasteiger partial charge >= 0.3 is 0 Å². The Labute approximate surface area is 149 Å². The SMILES string of the molecule is Cl.Clc1ccc(OCC2CCCNC2)c(Cc2ccccc2)c1. The van der Waals surface area contributed by atoms with Crippen LogP contribution in [0.15, 0.2) is 48.5 Å². The van der Waals surface area contributed by atoms with Crippen molar-refractivity contribution < 1.29 is 4.74 Å². The average molecular weight is 352 g/mol. The lowest BCUT2D eigenvalue weighted by Crippen LogP contribution is -2.33. The minimum absolute atomic E-state index is 0. The molecule has 1 atom stereocenters. The highest BCUT2D eigenvalue weighted by molar-refractivity contribution is 6.30. The maximum absolute atomic E-state index is 6.17. The van der Waals surface area contributed by atoms with Crippen molar-refractivity contribution >= 4 is 24.0 Å². The number of rotatable bonds is 5. The lowest BCUT2D eigenvalue weighted by atomic mass is 10.0. The van der Waals surface area contributed by atoms with E-state index in [0.717, 1.165) is 42.5 Å². The van der Waals surface area contributed by atoms with Gasteiger partial charge in [-0.25, -0.2) is 0 Å². The topological polar surface area (TPSA) is 21.3 Å². The van der Waals surface area contributed by atoms with Gasteiger partial charge in [0, 0.05) is 23.9 Å². The lowest BCUT2D eigenvalue weighted by molar-refractivity contribution is 0.217. The van der Waals surface area contributed by atoms with Gasteiger partial charge in [-0.3, -0.25) is 0 Å². The van der Waals surface area contributed by atoms with Gasteiger partial charge in [-0.1, -0.05) is 41.9 Å². The third kappa shape index (κ3) is 5.42. The zero-order valence-corrected chi connectivity index (χ0v) is 14.7. The predicted molar refractivity (Wildman–Crippen MR) is 99.0 cm³/mol. The molecular formula is C19H23Cl2NO. The first-order chi connectivity index (χ1) is 10.8. The van der Waals surface area contributed by atoms with Crippen LogP contribution in [0.2, 0.25) is 5.02 Å². The van der Waals surface area contributed by atoms with Gasteiger partial charge in [0.15, 0.2) is 0 Å². The van der Waals surface area contributed by atoms with Crippen molar-refractivity contribution in [2.75, 3.05) is 19.7 Å². The smallest absolute Gasteiger partial charge is 0.122 e. The fourth-order valence-corrected chi connectivity index (χ4v) is 3.11. The summed E-state index contributed by atoms with van der Waals surface area (Å²) >= 11 is 6.17. The number of ether oxygens (including phenoxy) is 1. The van der Waals surface area contributed by atoms with Crippen molar-refractivity contribution in [3.63, 3.8) is 0 Å². The molecule has 0 bridgehead atoms. The van der Waals surface area contributed by atoms with Crippen LogP contribution in [0.5, 0.6) is 5.75 Å². The summed E-state index contributed by atoms with van der Waals surface area (Å²) in [5.41, 5.74) is 2.43. The molecule has 3 rings (SSSR count). The third-order valence-corrected chi connectivity index (χ3v) is 4.37. The van der Waals surface area contributed by atoms with E-state index in [1.807, 2.05) is 24.3 Å². The largest absolute Gasteiger partial charge is 0.493 e. The van der Waals surface area contributed by atoms with Gasteiger partial charge < -0.3 is 10.1 Å². The third-order valence-electron chi connectivity index (χ3n) is 4.13. The maximum Gasteiger partial charge on any atom is 0.122 e. The van der Waals surface area contributed by atoms with Crippen molar-refractivity contribution in [2.45, 2.75) is 19.3 Å². The number of hydrogen-bond acceptors (Lipinski definition) is 2. The molecule has 1 aliphatic heterocycles. The second kappa shape index (κ2) is 9.17. The zero-order chi connectivity index (χ0) is 15.2. The number of piperidine rings is 1. The summed E-state index contributed by atoms with van der Waals surface area (Å²) in [6.45, 7) is 2.97. The van der Waals surface area contributed by atoms with E-state index in [9.17, 15) is 0 Å². The molecule has 0 aromatic heterocycles. The number of benzene rings is 2. The second-order valence-electron chi connectivity index (χ2n) is 5.94. The van der Waals surface area contributed by atoms with E-state index in [1.54, 1.807) is 0 Å². The molecule has 0 amide bonds. The van der Waals surface area contributed by atoms with Gasteiger partial charge in [0.1, 0.15) is 5.75 Å². The molecular weight excluding hydrogens is 329 g/mol. The molecule has 124 valence electrons. The molecule has 0 spiro atoms. The van der Waals surface area contributed by atoms with Gasteiger partial charge in [0.2, 0.25) is 0 Å². The Hall–Kier alpha value is -1.22. The molecule has 0 saturated carbocycles. The summed E-state index contributed by atoms with van der Waals surface area (Å²) in [5.74, 6) is 1.56. The van der Waals surface area contributed by atoms with Gasteiger partial charge in [-0.15, -0.1) is 12.4 Å². The quantitative estimate of drug-likeness (QED) is 0.840. The second-order valence-corrected chi connectivity index (χ2v) is 6.37. The molecule has 0 radical (unpaired) electrons. The zero-order valence-electron chi connectivity index (χ0n) is 13.1. The van der Waals surface area contributed by atoms with Crippen LogP contribution in [0.3, 0.4) is 0 Å². The first-order valence-corrected chi connectivity index (χ1v) is 8.35. The predicted octanol–water partition coefficient (Wildman–Crippen LogP) is 4.73. The highest BCUT2D eigenvalue weighted by Crippen LogP contribution is 2.26. The van der Waals surface area contributed by atoms with Gasteiger partial charge in [-0.05, 0) is 48.7 Å². The normalized spacial score (nSPS) is 17.3. The standard InChI is InChI=1S/C19H22ClNO.ClH/c20-18-8-9-19(22-14-16-7-4-10-21-13-16)17(12-18)11-15-5-2-1-3-6-15;/h1-3,5-6,8-9,12,16,21H,4,7,10-11,13-14H2;1H. The van der Waals surface area contributed by atoms with Crippen LogP contribution >= 0.6 is 24.0 Å². The first-order valence-electron chi connectivity index (χ1n) is 7.97. The monoisotopic (exact) mass is 351 g/mol. The molecule has 0 aliphatic carbocycles. The Bertz CT molecular complexity index is 598. The molecule has 1 unspecified atom stereocenters. The van der Waals surface area contributed by atoms with Crippen LogP contribution in [-0.4, -0.2) is 19.7 Å². The van der Waals surface area contributed by atoms with E-state index in [2.05, 4.69) is 29.6 Å². The van der Waals surface area contributed by atoms with E-state index in [4.69, 9.17) is 16.3 Å². The van der Waals surface area contributed by atoms with Gasteiger partial charge in [0.25, 0.3) is 0 Å². The van der Waals surface area contributed by atoms with E-state index in [-0.39, 0.29) is 12.4 Å². The number of nitrogens with one attached hydrogen (secondary N) is 1. The minimum Gasteiger partial charge on any atom is -0.493 e. The van der Waals surface area contributed by atoms with Crippen molar-refractivity contribution in [3.8, 4) is 5.75 Å². The Balaban J connectivity index is 0.00000192. The van der Waals surface area contributed by atoms with Crippen molar-refractivity contribution in [2.24, 2.45) is 5.92 Å². The fraction of sp³-hybridized carbons (Fsp3) is 0.368. The average Bonchev–Trinajstić information content (AvgIpc) is 2.56. The van der Waals surface area contributed by atoms with E-state index in [1.165, 1.54) is 18.4 Å². The van der Waals surface area contributed by atoms with Crippen molar-refractivity contribution in [1.82, 2.24) is 5.32 Å². The minimum atomic E-state index is 0. The number of hydrogen-bond donors (Lipinski definition) is 1. The van der Waals surface area contributed by atoms with E-state index < -0.39 is 0 Å². The fourth-order valence-electron chi connectivity index (χ4n) is 2.92. The Morgan fingerprint density at radius 3 is 2.70 bits per heavy atom. The molecule has 4 heteroatoms. The van der Waals surface area contributed by atoms with Gasteiger partial charge in [0.05, 0.1) is 6.61 Å². The van der Waals surface area contributed by atoms with Gasteiger partial charge in [-0.2, -0.15) is 0 Å². The molecule has 2 aromatic carbocycles. The highest BCUT2D eigenvalue weighted by Gasteiger charge is 2.14. The van der Waals surface area contributed by atoms with E-state index >= 15 is 0 Å². The van der Waals surface area contributed by atoms with Crippen LogP contribution < -0.4 is 10.1 Å². The summed E-state index contributed by atoms with van der Waals surface area (Å²) in [6.07, 6.45) is 3.33. The molecule has 2 aromatic rings. The summed E-state index contributed by atoms with van der Waals surface area (Å²) in [5, 5.41) is 4.20. The first kappa shape index (κ1) is 18.1. The molecule has 1 fully saturated rings. The molecule has 2 nitrogen and oxygen atoms in total. The summed E-state index contributed by atoms with van der Waals surface area (Å²) in [4.78, 5) is 0. The summed E-state index contributed by atoms with van der Waals surface area (Å²) in [7, 11) is 0. The van der Waals surface area contributed by atoms with E-state index in [0.29, 0.717) is 5.92 Å². The maximum atomic E-state index is 6.17. The summed E-state index contributed by atoms with van der Waals surface area (Å²) < 4.78 is 6.11.